The molecule has 0 atom stereocenters. The number of rotatable bonds is 3. The number of hydrogen-bond donors (Lipinski definition) is 1. The van der Waals surface area contributed by atoms with Crippen molar-refractivity contribution >= 4 is 17.2 Å². The van der Waals surface area contributed by atoms with E-state index in [1.807, 2.05) is 0 Å². The highest BCUT2D eigenvalue weighted by atomic mass is 32.1. The third kappa shape index (κ3) is 1.64. The van der Waals surface area contributed by atoms with Crippen LogP contribution in [-0.2, 0) is 13.1 Å². The molecule has 2 aliphatic rings. The average Bonchev–Trinajstić information content (AvgIpc) is 2.92. The Labute approximate surface area is 101 Å². The van der Waals surface area contributed by atoms with E-state index in [4.69, 9.17) is 18.0 Å². The van der Waals surface area contributed by atoms with Crippen LogP contribution in [0.15, 0.2) is 24.3 Å². The van der Waals surface area contributed by atoms with Gasteiger partial charge < -0.3 is 5.73 Å². The SMILES string of the molecule is NC(=S)C1(CN2Cc3ccccc3C2)CC1. The molecule has 0 radical (unpaired) electrons. The topological polar surface area (TPSA) is 29.3 Å². The first-order chi connectivity index (χ1) is 7.70. The third-order valence-electron chi connectivity index (χ3n) is 3.81. The van der Waals surface area contributed by atoms with Gasteiger partial charge in [0.25, 0.3) is 0 Å². The Kier molecular flexibility index (Phi) is 2.26. The summed E-state index contributed by atoms with van der Waals surface area (Å²) in [5, 5.41) is 0. The molecule has 0 amide bonds. The maximum Gasteiger partial charge on any atom is 0.0802 e. The Morgan fingerprint density at radius 1 is 1.25 bits per heavy atom. The third-order valence-corrected chi connectivity index (χ3v) is 4.24. The van der Waals surface area contributed by atoms with Crippen molar-refractivity contribution < 1.29 is 0 Å². The predicted molar refractivity (Wildman–Crippen MR) is 69.0 cm³/mol. The first-order valence-corrected chi connectivity index (χ1v) is 6.19. The molecule has 16 heavy (non-hydrogen) atoms. The molecule has 1 fully saturated rings. The summed E-state index contributed by atoms with van der Waals surface area (Å²) >= 11 is 5.17. The van der Waals surface area contributed by atoms with Crippen LogP contribution in [0.25, 0.3) is 0 Å². The smallest absolute Gasteiger partial charge is 0.0802 e. The van der Waals surface area contributed by atoms with E-state index < -0.39 is 0 Å². The van der Waals surface area contributed by atoms with Gasteiger partial charge in [0.1, 0.15) is 0 Å². The molecule has 0 spiro atoms. The summed E-state index contributed by atoms with van der Waals surface area (Å²) in [7, 11) is 0. The van der Waals surface area contributed by atoms with E-state index in [1.165, 1.54) is 24.0 Å². The van der Waals surface area contributed by atoms with E-state index in [9.17, 15) is 0 Å². The first-order valence-electron chi connectivity index (χ1n) is 5.79. The monoisotopic (exact) mass is 232 g/mol. The van der Waals surface area contributed by atoms with E-state index in [2.05, 4.69) is 29.2 Å². The lowest BCUT2D eigenvalue weighted by molar-refractivity contribution is 0.254. The Morgan fingerprint density at radius 3 is 2.25 bits per heavy atom. The van der Waals surface area contributed by atoms with Gasteiger partial charge >= 0.3 is 0 Å². The minimum atomic E-state index is 0.164. The second kappa shape index (κ2) is 3.54. The molecule has 1 aromatic carbocycles. The fourth-order valence-electron chi connectivity index (χ4n) is 2.58. The molecule has 0 unspecified atom stereocenters. The van der Waals surface area contributed by atoms with Gasteiger partial charge in [0.2, 0.25) is 0 Å². The molecule has 1 aliphatic carbocycles. The normalized spacial score (nSPS) is 21.8. The second-order valence-electron chi connectivity index (χ2n) is 5.06. The lowest BCUT2D eigenvalue weighted by atomic mass is 10.1. The predicted octanol–water partition coefficient (Wildman–Crippen LogP) is 2.07. The summed E-state index contributed by atoms with van der Waals surface area (Å²) in [6.07, 6.45) is 2.35. The van der Waals surface area contributed by atoms with Crippen molar-refractivity contribution in [3.8, 4) is 0 Å². The minimum Gasteiger partial charge on any atom is -0.393 e. The zero-order valence-electron chi connectivity index (χ0n) is 9.28. The van der Waals surface area contributed by atoms with E-state index in [0.717, 1.165) is 19.6 Å². The standard InChI is InChI=1S/C13H16N2S/c14-12(16)13(5-6-13)9-15-7-10-3-1-2-4-11(10)8-15/h1-4H,5-9H2,(H2,14,16). The summed E-state index contributed by atoms with van der Waals surface area (Å²) in [6, 6.07) is 8.66. The van der Waals surface area contributed by atoms with E-state index >= 15 is 0 Å². The summed E-state index contributed by atoms with van der Waals surface area (Å²) in [6.45, 7) is 3.15. The van der Waals surface area contributed by atoms with Crippen molar-refractivity contribution in [2.24, 2.45) is 11.1 Å². The van der Waals surface area contributed by atoms with Crippen LogP contribution in [0.3, 0.4) is 0 Å². The second-order valence-corrected chi connectivity index (χ2v) is 5.50. The Hall–Kier alpha value is -0.930. The molecule has 1 heterocycles. The first kappa shape index (κ1) is 10.2. The molecule has 84 valence electrons. The Balaban J connectivity index is 1.71. The molecule has 0 aromatic heterocycles. The number of benzene rings is 1. The molecule has 1 saturated carbocycles. The van der Waals surface area contributed by atoms with E-state index in [-0.39, 0.29) is 5.41 Å². The molecule has 3 heteroatoms. The van der Waals surface area contributed by atoms with Crippen LogP contribution in [0.2, 0.25) is 0 Å². The van der Waals surface area contributed by atoms with Gasteiger partial charge in [-0.15, -0.1) is 0 Å². The molecule has 0 saturated heterocycles. The molecule has 1 aliphatic heterocycles. The van der Waals surface area contributed by atoms with Gasteiger partial charge in [0, 0.05) is 25.0 Å². The van der Waals surface area contributed by atoms with Crippen molar-refractivity contribution in [2.75, 3.05) is 6.54 Å². The van der Waals surface area contributed by atoms with Gasteiger partial charge in [-0.05, 0) is 24.0 Å². The quantitative estimate of drug-likeness (QED) is 0.809. The van der Waals surface area contributed by atoms with Gasteiger partial charge in [0.15, 0.2) is 0 Å². The van der Waals surface area contributed by atoms with Crippen LogP contribution in [0.5, 0.6) is 0 Å². The Morgan fingerprint density at radius 2 is 1.81 bits per heavy atom. The lowest BCUT2D eigenvalue weighted by Gasteiger charge is -2.21. The van der Waals surface area contributed by atoms with E-state index in [1.54, 1.807) is 0 Å². The highest BCUT2D eigenvalue weighted by molar-refractivity contribution is 7.80. The number of thiocarbonyl (C=S) groups is 1. The van der Waals surface area contributed by atoms with Crippen molar-refractivity contribution in [1.29, 1.82) is 0 Å². The molecule has 2 nitrogen and oxygen atoms in total. The molecule has 1 aromatic rings. The van der Waals surface area contributed by atoms with Crippen molar-refractivity contribution in [3.05, 3.63) is 35.4 Å². The van der Waals surface area contributed by atoms with Crippen LogP contribution >= 0.6 is 12.2 Å². The number of fused-ring (bicyclic) bond motifs is 1. The molecular formula is C13H16N2S. The summed E-state index contributed by atoms with van der Waals surface area (Å²) < 4.78 is 0. The summed E-state index contributed by atoms with van der Waals surface area (Å²) in [4.78, 5) is 3.18. The Bertz CT molecular complexity index is 412. The average molecular weight is 232 g/mol. The lowest BCUT2D eigenvalue weighted by Crippen LogP contribution is -2.34. The van der Waals surface area contributed by atoms with Gasteiger partial charge in [0.05, 0.1) is 4.99 Å². The molecular weight excluding hydrogens is 216 g/mol. The van der Waals surface area contributed by atoms with Gasteiger partial charge in [-0.1, -0.05) is 36.5 Å². The summed E-state index contributed by atoms with van der Waals surface area (Å²) in [5.41, 5.74) is 8.90. The van der Waals surface area contributed by atoms with Gasteiger partial charge in [-0.25, -0.2) is 0 Å². The van der Waals surface area contributed by atoms with Crippen LogP contribution in [-0.4, -0.2) is 16.4 Å². The molecule has 3 rings (SSSR count). The highest BCUT2D eigenvalue weighted by Gasteiger charge is 2.47. The molecule has 2 N–H and O–H groups in total. The molecule has 0 bridgehead atoms. The summed E-state index contributed by atoms with van der Waals surface area (Å²) in [5.74, 6) is 0. The van der Waals surface area contributed by atoms with Gasteiger partial charge in [-0.2, -0.15) is 0 Å². The van der Waals surface area contributed by atoms with E-state index in [0.29, 0.717) is 4.99 Å². The number of nitrogens with zero attached hydrogens (tertiary/aromatic N) is 1. The maximum atomic E-state index is 5.82. The zero-order valence-corrected chi connectivity index (χ0v) is 10.1. The van der Waals surface area contributed by atoms with Crippen LogP contribution in [0.1, 0.15) is 24.0 Å². The number of nitrogens with two attached hydrogens (primary N) is 1. The fraction of sp³-hybridized carbons (Fsp3) is 0.462. The highest BCUT2D eigenvalue weighted by Crippen LogP contribution is 2.47. The largest absolute Gasteiger partial charge is 0.393 e. The van der Waals surface area contributed by atoms with Crippen LogP contribution in [0, 0.1) is 5.41 Å². The van der Waals surface area contributed by atoms with Gasteiger partial charge in [-0.3, -0.25) is 4.90 Å². The van der Waals surface area contributed by atoms with Crippen molar-refractivity contribution in [2.45, 2.75) is 25.9 Å². The fourth-order valence-corrected chi connectivity index (χ4v) is 2.85. The van der Waals surface area contributed by atoms with Crippen LogP contribution in [0.4, 0.5) is 0 Å². The van der Waals surface area contributed by atoms with Crippen LogP contribution < -0.4 is 5.73 Å². The maximum absolute atomic E-state index is 5.82. The number of hydrogen-bond acceptors (Lipinski definition) is 2. The zero-order chi connectivity index (χ0) is 11.2. The minimum absolute atomic E-state index is 0.164. The van der Waals surface area contributed by atoms with Crippen molar-refractivity contribution in [1.82, 2.24) is 4.90 Å². The van der Waals surface area contributed by atoms with Crippen molar-refractivity contribution in [3.63, 3.8) is 0 Å².